The number of nitrogens with zero attached hydrogens (tertiary/aromatic N) is 8. The van der Waals surface area contributed by atoms with Crippen LogP contribution in [-0.2, 0) is 32.1 Å². The number of rotatable bonds is 40. The van der Waals surface area contributed by atoms with Gasteiger partial charge in [0.05, 0.1) is 50.7 Å². The van der Waals surface area contributed by atoms with Crippen LogP contribution in [0.2, 0.25) is 0 Å². The van der Waals surface area contributed by atoms with Gasteiger partial charge in [-0.25, -0.2) is 19.6 Å². The summed E-state index contributed by atoms with van der Waals surface area (Å²) in [5.41, 5.74) is 3.94. The summed E-state index contributed by atoms with van der Waals surface area (Å²) in [5.74, 6) is -0.494. The maximum atomic E-state index is 15.0. The van der Waals surface area contributed by atoms with Crippen LogP contribution in [0, 0.1) is 24.2 Å². The summed E-state index contributed by atoms with van der Waals surface area (Å²) in [6, 6.07) is 15.3. The molecule has 1 saturated heterocycles. The van der Waals surface area contributed by atoms with E-state index in [1.54, 1.807) is 20.4 Å². The molecule has 4 heterocycles. The molecule has 450 valence electrons. The Morgan fingerprint density at radius 3 is 2.10 bits per heavy atom. The highest BCUT2D eigenvalue weighted by Crippen LogP contribution is 2.45. The number of unbranched alkanes of at least 4 members (excludes halogenated alkanes) is 12. The molecule has 19 heteroatoms. The van der Waals surface area contributed by atoms with Gasteiger partial charge in [0.1, 0.15) is 11.6 Å². The predicted octanol–water partition coefficient (Wildman–Crippen LogP) is 10.5. The Bertz CT molecular complexity index is 2630. The molecule has 1 saturated carbocycles. The van der Waals surface area contributed by atoms with E-state index in [0.29, 0.717) is 74.6 Å². The lowest BCUT2D eigenvalue weighted by Gasteiger charge is -2.36. The van der Waals surface area contributed by atoms with Crippen LogP contribution in [0.3, 0.4) is 0 Å². The van der Waals surface area contributed by atoms with E-state index in [2.05, 4.69) is 45.6 Å². The van der Waals surface area contributed by atoms with Gasteiger partial charge < -0.3 is 39.5 Å². The van der Waals surface area contributed by atoms with Crippen molar-refractivity contribution in [2.75, 3.05) is 76.4 Å². The number of likely N-dealkylation sites (N-methyl/N-ethyl adjacent to an activating group) is 1. The summed E-state index contributed by atoms with van der Waals surface area (Å²) >= 11 is 0. The first-order valence-corrected chi connectivity index (χ1v) is 30.3. The Labute approximate surface area is 486 Å². The van der Waals surface area contributed by atoms with Crippen LogP contribution in [0.25, 0.3) is 0 Å². The molecule has 6 rings (SSSR count). The number of amides is 2. The predicted molar refractivity (Wildman–Crippen MR) is 316 cm³/mol. The highest BCUT2D eigenvalue weighted by molar-refractivity contribution is 6.09. The van der Waals surface area contributed by atoms with Crippen LogP contribution < -0.4 is 24.6 Å². The number of aliphatic carboxylic acids is 3. The third-order valence-corrected chi connectivity index (χ3v) is 16.3. The second kappa shape index (κ2) is 32.9. The van der Waals surface area contributed by atoms with Gasteiger partial charge in [-0.05, 0) is 117 Å². The van der Waals surface area contributed by atoms with E-state index in [1.807, 2.05) is 65.0 Å². The van der Waals surface area contributed by atoms with E-state index in [1.165, 1.54) is 57.8 Å². The number of carboxylic acids is 3. The molecule has 4 N–H and O–H groups in total. The zero-order valence-corrected chi connectivity index (χ0v) is 49.7. The van der Waals surface area contributed by atoms with Crippen LogP contribution in [0.4, 0.5) is 11.5 Å². The highest BCUT2D eigenvalue weighted by atomic mass is 16.5. The van der Waals surface area contributed by atoms with Crippen LogP contribution >= 0.6 is 0 Å². The summed E-state index contributed by atoms with van der Waals surface area (Å²) < 4.78 is 13.8. The molecule has 2 amide bonds. The molecule has 0 unspecified atom stereocenters. The number of aryl methyl sites for hydroxylation is 3. The molecule has 3 aromatic heterocycles. The van der Waals surface area contributed by atoms with Gasteiger partial charge in [-0.15, -0.1) is 5.10 Å². The molecule has 0 spiro atoms. The number of pyridine rings is 2. The molecule has 1 aliphatic carbocycles. The summed E-state index contributed by atoms with van der Waals surface area (Å²) in [7, 11) is 3.26. The fraction of sp³-hybridized carbons (Fsp3) is 0.635. The first kappa shape index (κ1) is 64.5. The number of ether oxygens (including phenoxy) is 2. The maximum absolute atomic E-state index is 15.0. The number of hydrogen-bond donors (Lipinski definition) is 4. The third-order valence-electron chi connectivity index (χ3n) is 16.3. The van der Waals surface area contributed by atoms with E-state index >= 15 is 4.79 Å². The van der Waals surface area contributed by atoms with Crippen molar-refractivity contribution >= 4 is 41.2 Å². The van der Waals surface area contributed by atoms with E-state index in [0.717, 1.165) is 99.9 Å². The van der Waals surface area contributed by atoms with Crippen molar-refractivity contribution in [3.05, 3.63) is 83.4 Å². The van der Waals surface area contributed by atoms with Gasteiger partial charge in [-0.2, -0.15) is 0 Å². The molecule has 1 aromatic carbocycles. The minimum Gasteiger partial charge on any atom is -0.497 e. The zero-order valence-electron chi connectivity index (χ0n) is 49.7. The molecule has 1 aliphatic heterocycles. The molecule has 82 heavy (non-hydrogen) atoms. The average molecular weight is 1140 g/mol. The van der Waals surface area contributed by atoms with Crippen molar-refractivity contribution in [2.45, 2.75) is 174 Å². The number of nitrogens with one attached hydrogen (secondary N) is 1. The number of carbonyl (C=O) groups is 5. The number of anilines is 2. The second-order valence-corrected chi connectivity index (χ2v) is 24.3. The van der Waals surface area contributed by atoms with Crippen molar-refractivity contribution in [1.29, 1.82) is 0 Å². The number of hydrogen-bond acceptors (Lipinski definition) is 12. The maximum Gasteiger partial charge on any atom is 0.359 e. The van der Waals surface area contributed by atoms with Gasteiger partial charge in [0.15, 0.2) is 13.1 Å². The molecule has 1 atom stereocenters. The first-order chi connectivity index (χ1) is 39.4. The van der Waals surface area contributed by atoms with Gasteiger partial charge >= 0.3 is 17.9 Å². The molecule has 0 radical (unpaired) electrons. The van der Waals surface area contributed by atoms with Crippen LogP contribution in [0.1, 0.15) is 182 Å². The number of quaternary nitrogens is 1. The number of benzene rings is 1. The molecule has 2 aliphatic rings. The van der Waals surface area contributed by atoms with Crippen molar-refractivity contribution in [3.8, 4) is 11.6 Å². The monoisotopic (exact) mass is 1140 g/mol. The lowest BCUT2D eigenvalue weighted by molar-refractivity contribution is -0.895. The Morgan fingerprint density at radius 2 is 1.48 bits per heavy atom. The smallest absolute Gasteiger partial charge is 0.359 e. The van der Waals surface area contributed by atoms with E-state index in [-0.39, 0.29) is 53.1 Å². The molecular formula is C63H94N9O10+. The molecule has 0 bridgehead atoms. The Hall–Kier alpha value is -6.63. The van der Waals surface area contributed by atoms with Crippen molar-refractivity contribution in [2.24, 2.45) is 17.3 Å². The minimum absolute atomic E-state index is 0.00897. The first-order valence-electron chi connectivity index (χ1n) is 30.3. The summed E-state index contributed by atoms with van der Waals surface area (Å²) in [6.07, 6.45) is 25.6. The van der Waals surface area contributed by atoms with Crippen LogP contribution in [0.5, 0.6) is 11.6 Å². The number of carbonyl (C=O) groups excluding carboxylic acids is 2. The Morgan fingerprint density at radius 1 is 0.817 bits per heavy atom. The third kappa shape index (κ3) is 22.6. The van der Waals surface area contributed by atoms with Gasteiger partial charge in [-0.1, -0.05) is 95.8 Å². The fourth-order valence-electron chi connectivity index (χ4n) is 11.4. The van der Waals surface area contributed by atoms with E-state index < -0.39 is 17.9 Å². The number of aromatic nitrogens is 5. The quantitative estimate of drug-likeness (QED) is 0.0239. The normalized spacial score (nSPS) is 14.3. The lowest BCUT2D eigenvalue weighted by Crippen LogP contribution is -2.52. The fourth-order valence-corrected chi connectivity index (χ4v) is 11.4. The van der Waals surface area contributed by atoms with E-state index in [9.17, 15) is 24.3 Å². The minimum atomic E-state index is -1.04. The van der Waals surface area contributed by atoms with Crippen molar-refractivity contribution in [3.63, 3.8) is 0 Å². The Balaban J connectivity index is 0.865. The zero-order chi connectivity index (χ0) is 58.9. The molecule has 4 aromatic rings. The van der Waals surface area contributed by atoms with Gasteiger partial charge in [0.25, 0.3) is 5.91 Å². The second-order valence-electron chi connectivity index (χ2n) is 24.3. The summed E-state index contributed by atoms with van der Waals surface area (Å²) in [5, 5.41) is 39.7. The molecule has 2 fully saturated rings. The van der Waals surface area contributed by atoms with Crippen LogP contribution in [-0.4, -0.2) is 141 Å². The topological polar surface area (TPSA) is 239 Å². The van der Waals surface area contributed by atoms with Crippen molar-refractivity contribution < 1.29 is 53.2 Å². The summed E-state index contributed by atoms with van der Waals surface area (Å²) in [4.78, 5) is 74.7. The molecule has 19 nitrogen and oxygen atoms in total. The Kier molecular flexibility index (Phi) is 25.9. The van der Waals surface area contributed by atoms with E-state index in [4.69, 9.17) is 24.7 Å². The lowest BCUT2D eigenvalue weighted by atomic mass is 9.88. The highest BCUT2D eigenvalue weighted by Gasteiger charge is 2.35. The van der Waals surface area contributed by atoms with Crippen LogP contribution in [0.15, 0.2) is 60.9 Å². The average Bonchev–Trinajstić information content (AvgIpc) is 3.98. The number of piperidine rings is 1. The van der Waals surface area contributed by atoms with Gasteiger partial charge in [-0.3, -0.25) is 24.0 Å². The standard InChI is InChI=1S/C63H93N9O10/c1-47-21-19-23-56(66-47)71(62(80)53-28-27-52(81-5)40-55(53)69-35-30-48(31-36-69)45-82-58-39-50(29-34-65-58)54(41-59(74)75)49-25-26-49)46-63(2,3)32-37-70-42-51(67-68-70)22-17-15-13-11-9-7-6-8-10-12-14-16-18-24-57(73)64-33-20-38-72(4,43-60(76)77)44-61(78)79/h19,21,23,27-29,34,39-40,42,48-49,54H,6-18,20,22,24-26,30-33,35-38,41,43-46H2,1-5H3,(H3-,64,73,74,75,76,77,78,79)/p+1/t54-/m0/s1. The van der Waals surface area contributed by atoms with Crippen molar-refractivity contribution in [1.82, 2.24) is 30.3 Å². The number of carboxylic acid groups (broad SMARTS) is 3. The number of methoxy groups -OCH3 is 1. The van der Waals surface area contributed by atoms with Gasteiger partial charge in [0, 0.05) is 75.8 Å². The largest absolute Gasteiger partial charge is 0.497 e. The SMILES string of the molecule is COc1ccc(C(=O)N(CC(C)(C)CCn2cc(CCCCCCCCCCCCCCCC(=O)NCCC[N+](C)(CC(=O)O)CC(=O)O)nn2)c2cccc(C)n2)c(N2CCC(COc3cc([C@@H](CC(=O)O)C4CC4)ccn3)CC2)c1. The van der Waals surface area contributed by atoms with Gasteiger partial charge in [0.2, 0.25) is 11.8 Å². The molecular weight excluding hydrogens is 1040 g/mol. The summed E-state index contributed by atoms with van der Waals surface area (Å²) in [6.45, 7) is 9.66.